The second-order valence-electron chi connectivity index (χ2n) is 10.9. The number of aromatic nitrogens is 3. The van der Waals surface area contributed by atoms with E-state index < -0.39 is 12.7 Å². The number of benzene rings is 3. The van der Waals surface area contributed by atoms with Crippen molar-refractivity contribution in [2.24, 2.45) is 4.99 Å². The van der Waals surface area contributed by atoms with Crippen LogP contribution in [0.5, 0.6) is 5.75 Å². The normalized spacial score (nSPS) is 17.8. The number of amidine groups is 1. The number of anilines is 1. The molecular weight excluding hydrogens is 577 g/mol. The van der Waals surface area contributed by atoms with Crippen molar-refractivity contribution in [1.82, 2.24) is 20.1 Å². The van der Waals surface area contributed by atoms with Gasteiger partial charge in [-0.2, -0.15) is 0 Å². The first kappa shape index (κ1) is 29.2. The van der Waals surface area contributed by atoms with Crippen molar-refractivity contribution in [3.05, 3.63) is 89.2 Å². The van der Waals surface area contributed by atoms with Gasteiger partial charge in [0.05, 0.1) is 5.69 Å². The summed E-state index contributed by atoms with van der Waals surface area (Å²) in [4.78, 5) is 11.2. The van der Waals surface area contributed by atoms with Crippen LogP contribution >= 0.6 is 11.8 Å². The first-order valence-electron chi connectivity index (χ1n) is 13.9. The molecule has 2 fully saturated rings. The number of halogens is 3. The number of hydrogen-bond donors (Lipinski definition) is 2. The third-order valence-electron chi connectivity index (χ3n) is 7.59. The number of ether oxygens (including phenoxy) is 1. The van der Waals surface area contributed by atoms with E-state index in [0.717, 1.165) is 47.1 Å². The van der Waals surface area contributed by atoms with Gasteiger partial charge in [-0.05, 0) is 74.6 Å². The Morgan fingerprint density at radius 3 is 2.33 bits per heavy atom. The SMILES string of the molecule is Cc1cc(C)c(N2CCS/C2=N\C(O)NC2(c3ccc(-c4ncn(-c5ccc(OC(F)(F)F)cc5)n4)cc3)CC2)c(C)c1. The van der Waals surface area contributed by atoms with E-state index in [1.165, 1.54) is 52.0 Å². The monoisotopic (exact) mass is 608 g/mol. The molecule has 1 unspecified atom stereocenters. The summed E-state index contributed by atoms with van der Waals surface area (Å²) in [5.41, 5.74) is 6.79. The summed E-state index contributed by atoms with van der Waals surface area (Å²) in [5, 5.41) is 19.6. The molecule has 0 bridgehead atoms. The van der Waals surface area contributed by atoms with E-state index in [0.29, 0.717) is 11.5 Å². The molecule has 1 aromatic heterocycles. The zero-order valence-corrected chi connectivity index (χ0v) is 24.7. The van der Waals surface area contributed by atoms with Crippen molar-refractivity contribution in [2.75, 3.05) is 17.2 Å². The van der Waals surface area contributed by atoms with Crippen molar-refractivity contribution in [3.8, 4) is 22.8 Å². The predicted molar refractivity (Wildman–Crippen MR) is 161 cm³/mol. The molecule has 0 radical (unpaired) electrons. The number of rotatable bonds is 8. The number of aliphatic hydroxyl groups is 1. The fourth-order valence-corrected chi connectivity index (χ4v) is 6.57. The Balaban J connectivity index is 1.13. The number of nitrogens with zero attached hydrogens (tertiary/aromatic N) is 5. The first-order chi connectivity index (χ1) is 20.5. The molecule has 224 valence electrons. The molecule has 1 saturated heterocycles. The minimum atomic E-state index is -4.75. The van der Waals surface area contributed by atoms with Crippen LogP contribution < -0.4 is 15.0 Å². The number of aryl methyl sites for hydroxylation is 3. The lowest BCUT2D eigenvalue weighted by Crippen LogP contribution is -2.39. The van der Waals surface area contributed by atoms with E-state index >= 15 is 0 Å². The highest BCUT2D eigenvalue weighted by molar-refractivity contribution is 8.14. The van der Waals surface area contributed by atoms with Gasteiger partial charge in [0.15, 0.2) is 11.0 Å². The molecular formula is C31H31F3N6O2S. The van der Waals surface area contributed by atoms with Gasteiger partial charge in [0.25, 0.3) is 0 Å². The quantitative estimate of drug-likeness (QED) is 0.230. The Labute approximate surface area is 251 Å². The Bertz CT molecular complexity index is 1630. The molecule has 1 atom stereocenters. The molecule has 6 rings (SSSR count). The van der Waals surface area contributed by atoms with Crippen LogP contribution in [0.4, 0.5) is 18.9 Å². The van der Waals surface area contributed by atoms with Crippen LogP contribution in [0, 0.1) is 20.8 Å². The Morgan fingerprint density at radius 1 is 1.02 bits per heavy atom. The van der Waals surface area contributed by atoms with E-state index in [4.69, 9.17) is 0 Å². The van der Waals surface area contributed by atoms with Crippen molar-refractivity contribution >= 4 is 22.6 Å². The number of aliphatic imine (C=N–C) groups is 1. The third kappa shape index (κ3) is 6.41. The Hall–Kier alpha value is -3.87. The average molecular weight is 609 g/mol. The summed E-state index contributed by atoms with van der Waals surface area (Å²) in [6.45, 7) is 7.16. The summed E-state index contributed by atoms with van der Waals surface area (Å²) in [6.07, 6.45) is -2.54. The lowest BCUT2D eigenvalue weighted by atomic mass is 10.0. The largest absolute Gasteiger partial charge is 0.573 e. The van der Waals surface area contributed by atoms with Gasteiger partial charge >= 0.3 is 6.36 Å². The van der Waals surface area contributed by atoms with Gasteiger partial charge in [-0.1, -0.05) is 53.7 Å². The van der Waals surface area contributed by atoms with Gasteiger partial charge in [-0.25, -0.2) is 14.7 Å². The Kier molecular flexibility index (Phi) is 7.69. The number of aliphatic hydroxyl groups excluding tert-OH is 1. The molecule has 2 heterocycles. The molecule has 4 aromatic rings. The van der Waals surface area contributed by atoms with Gasteiger partial charge in [0.2, 0.25) is 6.35 Å². The molecule has 12 heteroatoms. The third-order valence-corrected chi connectivity index (χ3v) is 8.56. The number of hydrogen-bond acceptors (Lipinski definition) is 7. The highest BCUT2D eigenvalue weighted by Gasteiger charge is 2.45. The van der Waals surface area contributed by atoms with Crippen molar-refractivity contribution < 1.29 is 23.0 Å². The summed E-state index contributed by atoms with van der Waals surface area (Å²) in [5.74, 6) is 1.08. The van der Waals surface area contributed by atoms with Crippen LogP contribution in [-0.2, 0) is 5.54 Å². The van der Waals surface area contributed by atoms with Crippen molar-refractivity contribution in [2.45, 2.75) is 51.9 Å². The molecule has 43 heavy (non-hydrogen) atoms. The molecule has 0 spiro atoms. The fraction of sp³-hybridized carbons (Fsp3) is 0.323. The van der Waals surface area contributed by atoms with Crippen LogP contribution in [0.2, 0.25) is 0 Å². The van der Waals surface area contributed by atoms with Crippen LogP contribution in [0.1, 0.15) is 35.1 Å². The molecule has 0 amide bonds. The zero-order chi connectivity index (χ0) is 30.4. The summed E-state index contributed by atoms with van der Waals surface area (Å²) in [7, 11) is 0. The summed E-state index contributed by atoms with van der Waals surface area (Å²) < 4.78 is 42.7. The smallest absolute Gasteiger partial charge is 0.406 e. The van der Waals surface area contributed by atoms with E-state index in [1.807, 2.05) is 24.3 Å². The summed E-state index contributed by atoms with van der Waals surface area (Å²) in [6, 6.07) is 17.6. The molecule has 3 aromatic carbocycles. The highest BCUT2D eigenvalue weighted by Crippen LogP contribution is 2.46. The van der Waals surface area contributed by atoms with Gasteiger partial charge in [0, 0.05) is 29.1 Å². The highest BCUT2D eigenvalue weighted by atomic mass is 32.2. The topological polar surface area (TPSA) is 87.8 Å². The van der Waals surface area contributed by atoms with Gasteiger partial charge < -0.3 is 14.7 Å². The van der Waals surface area contributed by atoms with Crippen molar-refractivity contribution in [1.29, 1.82) is 0 Å². The van der Waals surface area contributed by atoms with Crippen LogP contribution in [0.15, 0.2) is 72.0 Å². The van der Waals surface area contributed by atoms with Gasteiger partial charge in [-0.3, -0.25) is 5.32 Å². The Morgan fingerprint density at radius 2 is 1.70 bits per heavy atom. The van der Waals surface area contributed by atoms with E-state index in [1.54, 1.807) is 11.8 Å². The van der Waals surface area contributed by atoms with E-state index in [2.05, 4.69) is 62.9 Å². The lowest BCUT2D eigenvalue weighted by Gasteiger charge is -2.25. The number of alkyl halides is 3. The predicted octanol–water partition coefficient (Wildman–Crippen LogP) is 6.22. The molecule has 1 aliphatic heterocycles. The van der Waals surface area contributed by atoms with Crippen LogP contribution in [0.3, 0.4) is 0 Å². The lowest BCUT2D eigenvalue weighted by molar-refractivity contribution is -0.274. The number of thioether (sulfide) groups is 1. The number of nitrogens with one attached hydrogen (secondary N) is 1. The maximum atomic E-state index is 12.4. The van der Waals surface area contributed by atoms with Crippen LogP contribution in [-0.4, -0.2) is 50.1 Å². The molecule has 2 aliphatic rings. The molecule has 2 N–H and O–H groups in total. The van der Waals surface area contributed by atoms with E-state index in [-0.39, 0.29) is 11.3 Å². The maximum Gasteiger partial charge on any atom is 0.573 e. The van der Waals surface area contributed by atoms with Gasteiger partial charge in [-0.15, -0.1) is 18.3 Å². The second-order valence-corrected chi connectivity index (χ2v) is 12.0. The maximum absolute atomic E-state index is 12.4. The van der Waals surface area contributed by atoms with Crippen molar-refractivity contribution in [3.63, 3.8) is 0 Å². The summed E-state index contributed by atoms with van der Waals surface area (Å²) >= 11 is 1.65. The fourth-order valence-electron chi connectivity index (χ4n) is 5.60. The van der Waals surface area contributed by atoms with E-state index in [9.17, 15) is 18.3 Å². The molecule has 1 saturated carbocycles. The molecule has 8 nitrogen and oxygen atoms in total. The average Bonchev–Trinajstić information content (AvgIpc) is 3.32. The standard InChI is InChI=1S/C31H31F3N6O2S/c1-19-16-20(2)26(21(3)17-19)39-14-15-43-29(39)36-28(41)37-30(12-13-30)23-6-4-22(5-7-23)27-35-18-40(38-27)24-8-10-25(11-9-24)42-31(32,33)34/h4-11,16-18,28,37,41H,12-15H2,1-3H3/b36-29-. The minimum Gasteiger partial charge on any atom is -0.406 e. The van der Waals surface area contributed by atoms with Crippen LogP contribution in [0.25, 0.3) is 17.1 Å². The van der Waals surface area contributed by atoms with Gasteiger partial charge in [0.1, 0.15) is 12.1 Å². The zero-order valence-electron chi connectivity index (χ0n) is 23.9. The molecule has 1 aliphatic carbocycles. The first-order valence-corrected chi connectivity index (χ1v) is 14.9. The second kappa shape index (κ2) is 11.3. The minimum absolute atomic E-state index is 0.304.